The van der Waals surface area contributed by atoms with Crippen molar-refractivity contribution < 1.29 is 19.1 Å². The molecule has 1 N–H and O–H groups in total. The van der Waals surface area contributed by atoms with Gasteiger partial charge in [-0.15, -0.1) is 0 Å². The number of esters is 1. The Balaban J connectivity index is 3.15. The molecule has 1 heterocycles. The predicted octanol–water partition coefficient (Wildman–Crippen LogP) is 3.77. The fourth-order valence-corrected chi connectivity index (χ4v) is 4.41. The molecule has 0 aliphatic carbocycles. The minimum Gasteiger partial charge on any atom is -0.463 e. The molecule has 0 radical (unpaired) electrons. The topological polar surface area (TPSA) is 79.0 Å². The first-order chi connectivity index (χ1) is 15.2. The number of hydrogen-bond acceptors (Lipinski definition) is 5. The van der Waals surface area contributed by atoms with Crippen molar-refractivity contribution in [1.29, 1.82) is 0 Å². The number of nitrogens with zero attached hydrogens (tertiary/aromatic N) is 2. The second-order valence-electron chi connectivity index (χ2n) is 10.9. The highest BCUT2D eigenvalue weighted by atomic mass is 16.5. The average molecular weight is 466 g/mol. The minimum atomic E-state index is -0.677. The van der Waals surface area contributed by atoms with Crippen molar-refractivity contribution in [3.8, 4) is 0 Å². The average Bonchev–Trinajstić information content (AvgIpc) is 2.73. The number of hydrogen-bond donors (Lipinski definition) is 1. The van der Waals surface area contributed by atoms with Crippen molar-refractivity contribution in [2.45, 2.75) is 106 Å². The van der Waals surface area contributed by atoms with Crippen molar-refractivity contribution in [1.82, 2.24) is 15.1 Å². The predicted molar refractivity (Wildman–Crippen MR) is 133 cm³/mol. The van der Waals surface area contributed by atoms with Crippen LogP contribution in [0, 0.1) is 11.3 Å². The lowest BCUT2D eigenvalue weighted by molar-refractivity contribution is -0.142. The van der Waals surface area contributed by atoms with E-state index in [-0.39, 0.29) is 41.8 Å². The lowest BCUT2D eigenvalue weighted by Gasteiger charge is -2.41. The van der Waals surface area contributed by atoms with Crippen LogP contribution in [0.5, 0.6) is 0 Å². The van der Waals surface area contributed by atoms with Crippen LogP contribution < -0.4 is 5.32 Å². The molecule has 7 heteroatoms. The van der Waals surface area contributed by atoms with E-state index in [0.717, 1.165) is 25.8 Å². The van der Waals surface area contributed by atoms with E-state index in [1.807, 2.05) is 34.6 Å². The zero-order valence-electron chi connectivity index (χ0n) is 22.5. The molecule has 3 atom stereocenters. The van der Waals surface area contributed by atoms with Gasteiger partial charge in [-0.05, 0) is 58.4 Å². The Labute approximate surface area is 201 Å². The molecule has 1 aliphatic rings. The highest BCUT2D eigenvalue weighted by Crippen LogP contribution is 2.26. The fraction of sp³-hybridized carbons (Fsp3) is 0.808. The molecule has 7 nitrogen and oxygen atoms in total. The van der Waals surface area contributed by atoms with Gasteiger partial charge in [-0.2, -0.15) is 0 Å². The summed E-state index contributed by atoms with van der Waals surface area (Å²) < 4.78 is 5.10. The smallest absolute Gasteiger partial charge is 0.333 e. The molecule has 1 fully saturated rings. The van der Waals surface area contributed by atoms with Crippen molar-refractivity contribution in [3.63, 3.8) is 0 Å². The Morgan fingerprint density at radius 1 is 1.15 bits per heavy atom. The molecule has 0 aromatic carbocycles. The SMILES string of the molecule is CCOC(=O)/C(C)=C/[C@@H](C(C)C)N(C)C(=O)[C@H](NC(=O)C1CCCCN1C(C)C)C(C)(C)C. The third-order valence-corrected chi connectivity index (χ3v) is 6.41. The third-order valence-electron chi connectivity index (χ3n) is 6.41. The van der Waals surface area contributed by atoms with Crippen LogP contribution in [-0.2, 0) is 19.1 Å². The van der Waals surface area contributed by atoms with Gasteiger partial charge in [-0.3, -0.25) is 14.5 Å². The second-order valence-corrected chi connectivity index (χ2v) is 10.9. The molecule has 0 bridgehead atoms. The summed E-state index contributed by atoms with van der Waals surface area (Å²) in [6.45, 7) is 18.8. The zero-order chi connectivity index (χ0) is 25.5. The van der Waals surface area contributed by atoms with Crippen LogP contribution in [0.3, 0.4) is 0 Å². The highest BCUT2D eigenvalue weighted by molar-refractivity contribution is 5.91. The van der Waals surface area contributed by atoms with Gasteiger partial charge in [-0.1, -0.05) is 47.1 Å². The van der Waals surface area contributed by atoms with Crippen molar-refractivity contribution in [2.24, 2.45) is 11.3 Å². The molecule has 1 saturated heterocycles. The Kier molecular flexibility index (Phi) is 11.1. The summed E-state index contributed by atoms with van der Waals surface area (Å²) in [7, 11) is 1.74. The second kappa shape index (κ2) is 12.5. The lowest BCUT2D eigenvalue weighted by atomic mass is 9.84. The van der Waals surface area contributed by atoms with Crippen LogP contribution in [0.15, 0.2) is 11.6 Å². The standard InChI is InChI=1S/C26H47N3O4/c1-11-33-25(32)19(6)16-21(17(2)3)28(10)24(31)22(26(7,8)9)27-23(30)20-14-12-13-15-29(20)18(4)5/h16-18,20-22H,11-15H2,1-10H3,(H,27,30)/b19-16+/t20?,21-,22-/m0/s1. The number of piperidine rings is 1. The van der Waals surface area contributed by atoms with Gasteiger partial charge < -0.3 is 15.0 Å². The number of likely N-dealkylation sites (N-methyl/N-ethyl adjacent to an activating group) is 1. The maximum absolute atomic E-state index is 13.7. The molecule has 190 valence electrons. The summed E-state index contributed by atoms with van der Waals surface area (Å²) in [5.74, 6) is -0.538. The lowest BCUT2D eigenvalue weighted by Crippen LogP contribution is -2.60. The van der Waals surface area contributed by atoms with Crippen molar-refractivity contribution in [3.05, 3.63) is 11.6 Å². The van der Waals surface area contributed by atoms with E-state index in [0.29, 0.717) is 12.2 Å². The molecule has 0 aromatic heterocycles. The van der Waals surface area contributed by atoms with Crippen LogP contribution in [0.2, 0.25) is 0 Å². The van der Waals surface area contributed by atoms with Gasteiger partial charge in [0.05, 0.1) is 18.7 Å². The van der Waals surface area contributed by atoms with Gasteiger partial charge >= 0.3 is 5.97 Å². The van der Waals surface area contributed by atoms with Gasteiger partial charge in [-0.25, -0.2) is 4.79 Å². The van der Waals surface area contributed by atoms with Crippen LogP contribution in [0.1, 0.15) is 81.6 Å². The molecule has 1 aliphatic heterocycles. The third kappa shape index (κ3) is 8.13. The van der Waals surface area contributed by atoms with Crippen LogP contribution in [0.4, 0.5) is 0 Å². The Bertz CT molecular complexity index is 709. The Morgan fingerprint density at radius 3 is 2.24 bits per heavy atom. The number of nitrogens with one attached hydrogen (secondary N) is 1. The van der Waals surface area contributed by atoms with E-state index >= 15 is 0 Å². The summed E-state index contributed by atoms with van der Waals surface area (Å²) in [4.78, 5) is 43.1. The van der Waals surface area contributed by atoms with E-state index in [2.05, 4.69) is 24.1 Å². The Hall–Kier alpha value is -1.89. The first-order valence-electron chi connectivity index (χ1n) is 12.4. The van der Waals surface area contributed by atoms with Gasteiger partial charge in [0.2, 0.25) is 11.8 Å². The van der Waals surface area contributed by atoms with Gasteiger partial charge in [0.1, 0.15) is 6.04 Å². The van der Waals surface area contributed by atoms with E-state index in [4.69, 9.17) is 4.74 Å². The first-order valence-corrected chi connectivity index (χ1v) is 12.4. The van der Waals surface area contributed by atoms with Crippen LogP contribution in [0.25, 0.3) is 0 Å². The summed E-state index contributed by atoms with van der Waals surface area (Å²) in [6, 6.07) is -0.920. The summed E-state index contributed by atoms with van der Waals surface area (Å²) in [5.41, 5.74) is 0.000989. The number of carbonyl (C=O) groups excluding carboxylic acids is 3. The summed E-state index contributed by atoms with van der Waals surface area (Å²) in [5, 5.41) is 3.10. The van der Waals surface area contributed by atoms with Crippen molar-refractivity contribution >= 4 is 17.8 Å². The normalized spacial score (nSPS) is 19.9. The minimum absolute atomic E-state index is 0.0782. The molecular weight excluding hydrogens is 418 g/mol. The monoisotopic (exact) mass is 465 g/mol. The maximum Gasteiger partial charge on any atom is 0.333 e. The van der Waals surface area contributed by atoms with Gasteiger partial charge in [0, 0.05) is 18.7 Å². The molecule has 2 amide bonds. The number of likely N-dealkylation sites (tertiary alicyclic amines) is 1. The number of ether oxygens (including phenoxy) is 1. The molecule has 1 rings (SSSR count). The van der Waals surface area contributed by atoms with E-state index in [1.54, 1.807) is 31.9 Å². The Morgan fingerprint density at radius 2 is 1.76 bits per heavy atom. The summed E-state index contributed by atoms with van der Waals surface area (Å²) >= 11 is 0. The quantitative estimate of drug-likeness (QED) is 0.414. The molecule has 0 saturated carbocycles. The number of rotatable bonds is 9. The highest BCUT2D eigenvalue weighted by Gasteiger charge is 2.39. The van der Waals surface area contributed by atoms with Crippen molar-refractivity contribution in [2.75, 3.05) is 20.2 Å². The molecule has 1 unspecified atom stereocenters. The van der Waals surface area contributed by atoms with Gasteiger partial charge in [0.15, 0.2) is 0 Å². The molecule has 0 spiro atoms. The molecule has 33 heavy (non-hydrogen) atoms. The summed E-state index contributed by atoms with van der Waals surface area (Å²) in [6.07, 6.45) is 4.71. The van der Waals surface area contributed by atoms with Crippen LogP contribution >= 0.6 is 0 Å². The van der Waals surface area contributed by atoms with Gasteiger partial charge in [0.25, 0.3) is 0 Å². The number of carbonyl (C=O) groups is 3. The van der Waals surface area contributed by atoms with E-state index in [1.165, 1.54) is 0 Å². The molecular formula is C26H47N3O4. The fourth-order valence-electron chi connectivity index (χ4n) is 4.41. The van der Waals surface area contributed by atoms with Crippen LogP contribution in [-0.4, -0.2) is 72.0 Å². The van der Waals surface area contributed by atoms with E-state index < -0.39 is 11.5 Å². The zero-order valence-corrected chi connectivity index (χ0v) is 22.5. The maximum atomic E-state index is 13.7. The molecule has 0 aromatic rings. The largest absolute Gasteiger partial charge is 0.463 e. The van der Waals surface area contributed by atoms with E-state index in [9.17, 15) is 14.4 Å². The first kappa shape index (κ1) is 29.1. The number of amides is 2.